The van der Waals surface area contributed by atoms with Gasteiger partial charge in [-0.1, -0.05) is 51.0 Å². The molecule has 0 atom stereocenters. The van der Waals surface area contributed by atoms with Gasteiger partial charge in [0.25, 0.3) is 0 Å². The number of hydrogen-bond donors (Lipinski definition) is 0. The second-order valence-electron chi connectivity index (χ2n) is 10.1. The van der Waals surface area contributed by atoms with Crippen LogP contribution in [0.15, 0.2) is 56.1 Å². The Hall–Kier alpha value is -1.69. The fourth-order valence-corrected chi connectivity index (χ4v) is 9.32. The number of benzene rings is 2. The third-order valence-electron chi connectivity index (χ3n) is 7.24. The zero-order valence-electron chi connectivity index (χ0n) is 21.1. The highest BCUT2D eigenvalue weighted by molar-refractivity contribution is 9.11. The van der Waals surface area contributed by atoms with E-state index < -0.39 is 8.07 Å². The summed E-state index contributed by atoms with van der Waals surface area (Å²) in [5.41, 5.74) is 11.9. The van der Waals surface area contributed by atoms with E-state index in [9.17, 15) is 0 Å². The van der Waals surface area contributed by atoms with Crippen molar-refractivity contribution in [1.29, 1.82) is 0 Å². The molecule has 1 aliphatic carbocycles. The molecule has 2 aromatic rings. The summed E-state index contributed by atoms with van der Waals surface area (Å²) in [6.07, 6.45) is 7.07. The van der Waals surface area contributed by atoms with Crippen molar-refractivity contribution in [3.8, 4) is 0 Å². The molecule has 5 heteroatoms. The topological polar surface area (TPSA) is 6.25 Å². The van der Waals surface area contributed by atoms with Crippen molar-refractivity contribution in [1.82, 2.24) is 0 Å². The highest BCUT2D eigenvalue weighted by atomic mass is 79.9. The minimum absolute atomic E-state index is 1.18. The van der Waals surface area contributed by atoms with Crippen LogP contribution in [0.25, 0.3) is 5.57 Å². The van der Waals surface area contributed by atoms with E-state index in [0.29, 0.717) is 0 Å². The van der Waals surface area contributed by atoms with E-state index in [1.807, 2.05) is 0 Å². The van der Waals surface area contributed by atoms with Gasteiger partial charge in [0, 0.05) is 40.9 Å². The van der Waals surface area contributed by atoms with E-state index in [4.69, 9.17) is 0 Å². The second kappa shape index (κ2) is 8.51. The smallest absolute Gasteiger partial charge is 0.199 e. The first-order valence-corrected chi connectivity index (χ1v) is 15.9. The zero-order chi connectivity index (χ0) is 24.4. The van der Waals surface area contributed by atoms with Crippen LogP contribution in [0.5, 0.6) is 0 Å². The Labute approximate surface area is 216 Å². The Morgan fingerprint density at radius 1 is 0.879 bits per heavy atom. The molecule has 0 saturated heterocycles. The summed E-state index contributed by atoms with van der Waals surface area (Å²) in [4.78, 5) is 2.21. The normalized spacial score (nSPS) is 16.5. The monoisotopic (exact) mass is 583 g/mol. The van der Waals surface area contributed by atoms with Crippen molar-refractivity contribution in [2.75, 3.05) is 33.1 Å². The predicted molar refractivity (Wildman–Crippen MR) is 154 cm³/mol. The Morgan fingerprint density at radius 3 is 2.03 bits per heavy atom. The Balaban J connectivity index is 2.19. The maximum atomic E-state index is 3.90. The summed E-state index contributed by atoms with van der Waals surface area (Å²) in [7, 11) is 6.59. The van der Waals surface area contributed by atoms with Crippen LogP contribution in [0.4, 0.5) is 5.69 Å². The third kappa shape index (κ3) is 3.77. The molecule has 0 amide bonds. The molecule has 0 unspecified atom stereocenters. The Bertz CT molecular complexity index is 1290. The van der Waals surface area contributed by atoms with E-state index in [1.54, 1.807) is 0 Å². The number of anilines is 1. The highest BCUT2D eigenvalue weighted by Gasteiger charge is 2.41. The molecule has 172 valence electrons. The quantitative estimate of drug-likeness (QED) is 0.282. The minimum atomic E-state index is -1.93. The molecule has 2 nitrogen and oxygen atoms in total. The Morgan fingerprint density at radius 2 is 1.48 bits per heavy atom. The molecular formula is C28H33Br2N2Si+. The number of hydrogen-bond acceptors (Lipinski definition) is 1. The van der Waals surface area contributed by atoms with Crippen molar-refractivity contribution in [2.24, 2.45) is 0 Å². The van der Waals surface area contributed by atoms with Crippen molar-refractivity contribution < 1.29 is 4.58 Å². The minimum Gasteiger partial charge on any atom is -0.378 e. The maximum absolute atomic E-state index is 3.90. The van der Waals surface area contributed by atoms with Crippen LogP contribution >= 0.6 is 31.9 Å². The van der Waals surface area contributed by atoms with Gasteiger partial charge in [0.05, 0.1) is 0 Å². The van der Waals surface area contributed by atoms with E-state index in [2.05, 4.69) is 140 Å². The predicted octanol–water partition coefficient (Wildman–Crippen LogP) is 6.68. The third-order valence-corrected chi connectivity index (χ3v) is 13.1. The lowest BCUT2D eigenvalue weighted by molar-refractivity contribution is -0.462. The molecule has 0 fully saturated rings. The van der Waals surface area contributed by atoms with E-state index in [-0.39, 0.29) is 0 Å². The standard InChI is InChI=1S/C28H33Br2N2Si/c1-16-25(17(2)28(30)18(3)27(16)29)26-21-12-10-19(31(4)5)14-23(21)33(8,9)24-15-20(32(6)7)11-13-22(24)26/h10-15H,1-9H3/q+1. The average molecular weight is 585 g/mol. The second-order valence-corrected chi connectivity index (χ2v) is 16.0. The summed E-state index contributed by atoms with van der Waals surface area (Å²) in [5.74, 6) is 0. The summed E-state index contributed by atoms with van der Waals surface area (Å²) in [6, 6.07) is 7.07. The number of halogens is 2. The lowest BCUT2D eigenvalue weighted by Gasteiger charge is -2.39. The van der Waals surface area contributed by atoms with Gasteiger partial charge in [0.2, 0.25) is 0 Å². The van der Waals surface area contributed by atoms with E-state index >= 15 is 0 Å². The first-order valence-electron chi connectivity index (χ1n) is 11.3. The molecule has 0 N–H and O–H groups in total. The number of nitrogens with zero attached hydrogens (tertiary/aromatic N) is 2. The van der Waals surface area contributed by atoms with Crippen molar-refractivity contribution >= 4 is 62.1 Å². The molecule has 1 aliphatic heterocycles. The fraction of sp³-hybridized carbons (Fsp3) is 0.321. The van der Waals surface area contributed by atoms with Crippen LogP contribution in [0.3, 0.4) is 0 Å². The van der Waals surface area contributed by atoms with E-state index in [0.717, 1.165) is 0 Å². The van der Waals surface area contributed by atoms with Gasteiger partial charge in [0.15, 0.2) is 5.71 Å². The molecule has 0 saturated carbocycles. The summed E-state index contributed by atoms with van der Waals surface area (Å²) < 4.78 is 4.58. The lowest BCUT2D eigenvalue weighted by atomic mass is 9.84. The summed E-state index contributed by atoms with van der Waals surface area (Å²) in [5, 5.41) is 3.03. The molecular weight excluding hydrogens is 552 g/mol. The lowest BCUT2D eigenvalue weighted by Crippen LogP contribution is -2.49. The van der Waals surface area contributed by atoms with E-state index in [1.165, 1.54) is 69.7 Å². The molecule has 33 heavy (non-hydrogen) atoms. The molecule has 2 aliphatic rings. The molecule has 2 aromatic carbocycles. The largest absolute Gasteiger partial charge is 0.378 e. The first-order chi connectivity index (χ1) is 15.4. The van der Waals surface area contributed by atoms with Crippen molar-refractivity contribution in [3.63, 3.8) is 0 Å². The number of fused-ring (bicyclic) bond motifs is 2. The molecule has 4 rings (SSSR count). The number of rotatable bonds is 2. The molecule has 0 aromatic heterocycles. The SMILES string of the molecule is Cc1c(Br)c(C)c(C2=C3C=CC(=[N+](C)C)C=C3[Si](C)(C)c3cc(N(C)C)ccc32)c(C)c1Br. The molecule has 1 heterocycles. The van der Waals surface area contributed by atoms with Crippen molar-refractivity contribution in [2.45, 2.75) is 33.9 Å². The fourth-order valence-electron chi connectivity index (χ4n) is 5.19. The van der Waals surface area contributed by atoms with Crippen LogP contribution in [0.2, 0.25) is 13.1 Å². The summed E-state index contributed by atoms with van der Waals surface area (Å²) in [6.45, 7) is 11.7. The van der Waals surface area contributed by atoms with Gasteiger partial charge in [-0.05, 0) is 88.3 Å². The Kier molecular flexibility index (Phi) is 6.30. The van der Waals surface area contributed by atoms with Gasteiger partial charge < -0.3 is 4.90 Å². The first kappa shape index (κ1) is 24.4. The summed E-state index contributed by atoms with van der Waals surface area (Å²) >= 11 is 7.79. The van der Waals surface area contributed by atoms with Gasteiger partial charge in [-0.2, -0.15) is 0 Å². The van der Waals surface area contributed by atoms with Gasteiger partial charge in [-0.15, -0.1) is 0 Å². The molecule has 0 spiro atoms. The van der Waals surface area contributed by atoms with Crippen LogP contribution in [0, 0.1) is 20.8 Å². The molecule has 0 bridgehead atoms. The molecule has 0 radical (unpaired) electrons. The van der Waals surface area contributed by atoms with Gasteiger partial charge >= 0.3 is 0 Å². The zero-order valence-corrected chi connectivity index (χ0v) is 25.3. The van der Waals surface area contributed by atoms with Crippen LogP contribution in [-0.4, -0.2) is 46.6 Å². The van der Waals surface area contributed by atoms with Crippen LogP contribution in [0.1, 0.15) is 27.8 Å². The maximum Gasteiger partial charge on any atom is 0.199 e. The van der Waals surface area contributed by atoms with Gasteiger partial charge in [-0.3, -0.25) is 0 Å². The van der Waals surface area contributed by atoms with Gasteiger partial charge in [-0.25, -0.2) is 4.58 Å². The van der Waals surface area contributed by atoms with Crippen LogP contribution < -0.4 is 10.1 Å². The average Bonchev–Trinajstić information content (AvgIpc) is 2.78. The van der Waals surface area contributed by atoms with Gasteiger partial charge in [0.1, 0.15) is 22.2 Å². The highest BCUT2D eigenvalue weighted by Crippen LogP contribution is 2.46. The van der Waals surface area contributed by atoms with Crippen LogP contribution in [-0.2, 0) is 0 Å². The number of allylic oxidation sites excluding steroid dienone is 5. The van der Waals surface area contributed by atoms with Crippen molar-refractivity contribution in [3.05, 3.63) is 84.0 Å².